The zero-order valence-corrected chi connectivity index (χ0v) is 15.2. The Morgan fingerprint density at radius 3 is 2.83 bits per heavy atom. The first kappa shape index (κ1) is 18.5. The van der Waals surface area contributed by atoms with Crippen molar-refractivity contribution in [1.29, 1.82) is 0 Å². The van der Waals surface area contributed by atoms with Gasteiger partial charge in [-0.2, -0.15) is 5.10 Å². The maximum Gasteiger partial charge on any atom is 0.272 e. The standard InChI is InChI=1S/C18H24N4O.ClH/c1-12-6-4-5-7-13(12)10-18(2,3)20-17(23)16-14-11-19-9-8-15(14)21-22-16;/h4-7,19H,8-11H2,1-3H3,(H,20,23)(H,21,22);1H. The predicted octanol–water partition coefficient (Wildman–Crippen LogP) is 2.54. The Kier molecular flexibility index (Phi) is 5.67. The summed E-state index contributed by atoms with van der Waals surface area (Å²) in [4.78, 5) is 12.6. The van der Waals surface area contributed by atoms with E-state index in [1.54, 1.807) is 0 Å². The van der Waals surface area contributed by atoms with Crippen molar-refractivity contribution in [2.24, 2.45) is 0 Å². The molecule has 130 valence electrons. The van der Waals surface area contributed by atoms with Crippen LogP contribution in [-0.4, -0.2) is 28.2 Å². The van der Waals surface area contributed by atoms with E-state index in [1.807, 2.05) is 12.1 Å². The Bertz CT molecular complexity index is 724. The normalized spacial score (nSPS) is 13.8. The number of hydrogen-bond acceptors (Lipinski definition) is 3. The molecule has 0 atom stereocenters. The van der Waals surface area contributed by atoms with Crippen LogP contribution in [0.25, 0.3) is 0 Å². The van der Waals surface area contributed by atoms with Crippen LogP contribution in [0.15, 0.2) is 24.3 Å². The monoisotopic (exact) mass is 348 g/mol. The van der Waals surface area contributed by atoms with Crippen LogP contribution in [0.5, 0.6) is 0 Å². The van der Waals surface area contributed by atoms with E-state index in [0.29, 0.717) is 12.2 Å². The van der Waals surface area contributed by atoms with E-state index in [0.717, 1.165) is 30.6 Å². The van der Waals surface area contributed by atoms with Gasteiger partial charge in [-0.15, -0.1) is 12.4 Å². The summed E-state index contributed by atoms with van der Waals surface area (Å²) in [5, 5.41) is 13.7. The van der Waals surface area contributed by atoms with Crippen molar-refractivity contribution < 1.29 is 4.79 Å². The number of aromatic nitrogens is 2. The molecule has 0 spiro atoms. The van der Waals surface area contributed by atoms with Crippen LogP contribution in [0.4, 0.5) is 0 Å². The van der Waals surface area contributed by atoms with Gasteiger partial charge in [-0.25, -0.2) is 0 Å². The van der Waals surface area contributed by atoms with Crippen molar-refractivity contribution in [2.45, 2.75) is 45.7 Å². The third-order valence-corrected chi connectivity index (χ3v) is 4.37. The second-order valence-corrected chi connectivity index (χ2v) is 6.90. The molecule has 0 aliphatic carbocycles. The maximum atomic E-state index is 12.6. The van der Waals surface area contributed by atoms with Crippen LogP contribution in [0.1, 0.15) is 46.7 Å². The Labute approximate surface area is 149 Å². The lowest BCUT2D eigenvalue weighted by Crippen LogP contribution is -2.45. The van der Waals surface area contributed by atoms with Gasteiger partial charge >= 0.3 is 0 Å². The summed E-state index contributed by atoms with van der Waals surface area (Å²) in [7, 11) is 0. The number of amides is 1. The predicted molar refractivity (Wildman–Crippen MR) is 97.7 cm³/mol. The number of aryl methyl sites for hydroxylation is 1. The van der Waals surface area contributed by atoms with Crippen LogP contribution < -0.4 is 10.6 Å². The maximum absolute atomic E-state index is 12.6. The highest BCUT2D eigenvalue weighted by Gasteiger charge is 2.27. The van der Waals surface area contributed by atoms with Crippen molar-refractivity contribution in [2.75, 3.05) is 6.54 Å². The Morgan fingerprint density at radius 1 is 1.33 bits per heavy atom. The Morgan fingerprint density at radius 2 is 2.08 bits per heavy atom. The molecule has 6 heteroatoms. The van der Waals surface area contributed by atoms with Crippen molar-refractivity contribution in [3.63, 3.8) is 0 Å². The highest BCUT2D eigenvalue weighted by molar-refractivity contribution is 5.94. The van der Waals surface area contributed by atoms with Gasteiger partial charge in [0, 0.05) is 36.3 Å². The summed E-state index contributed by atoms with van der Waals surface area (Å²) in [5.74, 6) is -0.107. The largest absolute Gasteiger partial charge is 0.345 e. The van der Waals surface area contributed by atoms with Gasteiger partial charge in [-0.1, -0.05) is 24.3 Å². The molecule has 1 aliphatic rings. The molecule has 1 aromatic heterocycles. The molecule has 0 unspecified atom stereocenters. The molecule has 0 fully saturated rings. The highest BCUT2D eigenvalue weighted by Crippen LogP contribution is 2.19. The molecule has 0 radical (unpaired) electrons. The summed E-state index contributed by atoms with van der Waals surface area (Å²) >= 11 is 0. The molecule has 3 rings (SSSR count). The first-order valence-corrected chi connectivity index (χ1v) is 8.10. The molecule has 2 heterocycles. The average Bonchev–Trinajstić information content (AvgIpc) is 2.93. The lowest BCUT2D eigenvalue weighted by atomic mass is 9.92. The number of nitrogens with one attached hydrogen (secondary N) is 3. The summed E-state index contributed by atoms with van der Waals surface area (Å²) in [6.45, 7) is 7.83. The lowest BCUT2D eigenvalue weighted by Gasteiger charge is -2.27. The van der Waals surface area contributed by atoms with Gasteiger partial charge in [0.2, 0.25) is 0 Å². The number of aromatic amines is 1. The van der Waals surface area contributed by atoms with E-state index >= 15 is 0 Å². The van der Waals surface area contributed by atoms with Gasteiger partial charge in [0.1, 0.15) is 0 Å². The van der Waals surface area contributed by atoms with Crippen molar-refractivity contribution in [3.8, 4) is 0 Å². The molecule has 2 aromatic rings. The van der Waals surface area contributed by atoms with E-state index < -0.39 is 0 Å². The van der Waals surface area contributed by atoms with Crippen LogP contribution in [0.3, 0.4) is 0 Å². The van der Waals surface area contributed by atoms with Crippen molar-refractivity contribution in [3.05, 3.63) is 52.3 Å². The number of rotatable bonds is 4. The fourth-order valence-corrected chi connectivity index (χ4v) is 3.11. The second-order valence-electron chi connectivity index (χ2n) is 6.90. The van der Waals surface area contributed by atoms with Gasteiger partial charge in [0.25, 0.3) is 5.91 Å². The van der Waals surface area contributed by atoms with Gasteiger partial charge in [0.15, 0.2) is 5.69 Å². The number of nitrogens with zero attached hydrogens (tertiary/aromatic N) is 1. The number of hydrogen-bond donors (Lipinski definition) is 3. The fourth-order valence-electron chi connectivity index (χ4n) is 3.11. The first-order chi connectivity index (χ1) is 11.0. The number of halogens is 1. The molecular weight excluding hydrogens is 324 g/mol. The molecule has 3 N–H and O–H groups in total. The Balaban J connectivity index is 0.00000208. The molecule has 5 nitrogen and oxygen atoms in total. The van der Waals surface area contributed by atoms with Gasteiger partial charge in [-0.3, -0.25) is 9.89 Å². The summed E-state index contributed by atoms with van der Waals surface area (Å²) < 4.78 is 0. The van der Waals surface area contributed by atoms with Crippen molar-refractivity contribution >= 4 is 18.3 Å². The molecule has 1 amide bonds. The molecular formula is C18H25ClN4O. The lowest BCUT2D eigenvalue weighted by molar-refractivity contribution is 0.0906. The molecule has 0 saturated heterocycles. The minimum atomic E-state index is -0.336. The second kappa shape index (κ2) is 7.36. The van der Waals surface area contributed by atoms with E-state index in [-0.39, 0.29) is 23.9 Å². The van der Waals surface area contributed by atoms with E-state index in [2.05, 4.69) is 53.7 Å². The summed E-state index contributed by atoms with van der Waals surface area (Å²) in [5.41, 5.74) is 4.76. The van der Waals surface area contributed by atoms with E-state index in [1.165, 1.54) is 11.1 Å². The minimum Gasteiger partial charge on any atom is -0.345 e. The Hall–Kier alpha value is -1.85. The molecule has 0 saturated carbocycles. The smallest absolute Gasteiger partial charge is 0.272 e. The summed E-state index contributed by atoms with van der Waals surface area (Å²) in [6.07, 6.45) is 1.68. The number of fused-ring (bicyclic) bond motifs is 1. The number of carbonyl (C=O) groups is 1. The first-order valence-electron chi connectivity index (χ1n) is 8.10. The van der Waals surface area contributed by atoms with Crippen LogP contribution in [0.2, 0.25) is 0 Å². The van der Waals surface area contributed by atoms with Crippen molar-refractivity contribution in [1.82, 2.24) is 20.8 Å². The molecule has 24 heavy (non-hydrogen) atoms. The van der Waals surface area contributed by atoms with Gasteiger partial charge < -0.3 is 10.6 Å². The third-order valence-electron chi connectivity index (χ3n) is 4.37. The average molecular weight is 349 g/mol. The minimum absolute atomic E-state index is 0. The zero-order valence-electron chi connectivity index (χ0n) is 14.4. The molecule has 0 bridgehead atoms. The SMILES string of the molecule is Cc1ccccc1CC(C)(C)NC(=O)c1n[nH]c2c1CNCC2.Cl. The summed E-state index contributed by atoms with van der Waals surface area (Å²) in [6, 6.07) is 8.29. The van der Waals surface area contributed by atoms with Crippen LogP contribution in [0, 0.1) is 6.92 Å². The number of H-pyrrole nitrogens is 1. The van der Waals surface area contributed by atoms with Gasteiger partial charge in [0.05, 0.1) is 0 Å². The van der Waals surface area contributed by atoms with Gasteiger partial charge in [-0.05, 0) is 38.3 Å². The topological polar surface area (TPSA) is 69.8 Å². The number of carbonyl (C=O) groups excluding carboxylic acids is 1. The van der Waals surface area contributed by atoms with Crippen LogP contribution >= 0.6 is 12.4 Å². The number of benzene rings is 1. The highest BCUT2D eigenvalue weighted by atomic mass is 35.5. The van der Waals surface area contributed by atoms with E-state index in [9.17, 15) is 4.79 Å². The molecule has 1 aliphatic heterocycles. The quantitative estimate of drug-likeness (QED) is 0.795. The molecule has 1 aromatic carbocycles. The van der Waals surface area contributed by atoms with Crippen LogP contribution in [-0.2, 0) is 19.4 Å². The van der Waals surface area contributed by atoms with E-state index in [4.69, 9.17) is 0 Å². The zero-order chi connectivity index (χ0) is 16.4. The third kappa shape index (κ3) is 3.97. The fraction of sp³-hybridized carbons (Fsp3) is 0.444.